The van der Waals surface area contributed by atoms with Gasteiger partial charge in [-0.1, -0.05) is 6.92 Å². The van der Waals surface area contributed by atoms with Crippen LogP contribution in [0.1, 0.15) is 17.3 Å². The van der Waals surface area contributed by atoms with E-state index in [1.807, 2.05) is 0 Å². The molecule has 7 nitrogen and oxygen atoms in total. The van der Waals surface area contributed by atoms with Crippen molar-refractivity contribution in [1.82, 2.24) is 4.31 Å². The van der Waals surface area contributed by atoms with Crippen LogP contribution in [0.4, 0.5) is 4.39 Å². The molecule has 20 heavy (non-hydrogen) atoms. The van der Waals surface area contributed by atoms with Crippen molar-refractivity contribution >= 4 is 21.9 Å². The Balaban J connectivity index is 3.44. The van der Waals surface area contributed by atoms with Crippen LogP contribution in [0.5, 0.6) is 0 Å². The van der Waals surface area contributed by atoms with Gasteiger partial charge in [-0.05, 0) is 18.2 Å². The number of rotatable bonds is 6. The van der Waals surface area contributed by atoms with E-state index in [0.29, 0.717) is 10.4 Å². The molecule has 0 aliphatic carbocycles. The molecule has 0 unspecified atom stereocenters. The highest BCUT2D eigenvalue weighted by Gasteiger charge is 2.29. The molecule has 0 heterocycles. The SMILES string of the molecule is CCN(CC(N)=O)S(=O)(=O)c1cc(F)ccc1C(=O)O. The zero-order chi connectivity index (χ0) is 15.5. The fraction of sp³-hybridized carbons (Fsp3) is 0.273. The minimum atomic E-state index is -4.33. The van der Waals surface area contributed by atoms with Gasteiger partial charge in [0, 0.05) is 6.54 Å². The van der Waals surface area contributed by atoms with E-state index in [-0.39, 0.29) is 6.54 Å². The Kier molecular flexibility index (Phi) is 4.79. The van der Waals surface area contributed by atoms with Crippen molar-refractivity contribution in [3.63, 3.8) is 0 Å². The van der Waals surface area contributed by atoms with Crippen molar-refractivity contribution in [2.24, 2.45) is 5.73 Å². The summed E-state index contributed by atoms with van der Waals surface area (Å²) in [4.78, 5) is 21.2. The number of nitrogens with zero attached hydrogens (tertiary/aromatic N) is 1. The maximum Gasteiger partial charge on any atom is 0.337 e. The molecular weight excluding hydrogens is 291 g/mol. The second-order valence-electron chi connectivity index (χ2n) is 3.84. The van der Waals surface area contributed by atoms with Gasteiger partial charge >= 0.3 is 5.97 Å². The first-order valence-corrected chi connectivity index (χ1v) is 6.95. The number of aromatic carboxylic acids is 1. The Labute approximate surface area is 114 Å². The Hall–Kier alpha value is -2.00. The van der Waals surface area contributed by atoms with Crippen LogP contribution >= 0.6 is 0 Å². The first kappa shape index (κ1) is 16.1. The Morgan fingerprint density at radius 1 is 1.40 bits per heavy atom. The van der Waals surface area contributed by atoms with E-state index in [2.05, 4.69) is 0 Å². The minimum absolute atomic E-state index is 0.110. The first-order chi connectivity index (χ1) is 9.20. The van der Waals surface area contributed by atoms with Crippen LogP contribution in [-0.4, -0.2) is 42.8 Å². The molecule has 1 rings (SSSR count). The summed E-state index contributed by atoms with van der Waals surface area (Å²) in [6.07, 6.45) is 0. The monoisotopic (exact) mass is 304 g/mol. The summed E-state index contributed by atoms with van der Waals surface area (Å²) >= 11 is 0. The van der Waals surface area contributed by atoms with Gasteiger partial charge in [0.1, 0.15) is 5.82 Å². The summed E-state index contributed by atoms with van der Waals surface area (Å²) in [5.74, 6) is -3.31. The fourth-order valence-electron chi connectivity index (χ4n) is 1.57. The summed E-state index contributed by atoms with van der Waals surface area (Å²) in [5.41, 5.74) is 4.36. The number of carboxylic acids is 1. The topological polar surface area (TPSA) is 118 Å². The summed E-state index contributed by atoms with van der Waals surface area (Å²) in [7, 11) is -4.33. The van der Waals surface area contributed by atoms with Crippen molar-refractivity contribution in [2.75, 3.05) is 13.1 Å². The van der Waals surface area contributed by atoms with Crippen molar-refractivity contribution in [1.29, 1.82) is 0 Å². The number of carbonyl (C=O) groups excluding carboxylic acids is 1. The summed E-state index contributed by atoms with van der Waals surface area (Å²) in [6.45, 7) is 0.718. The average Bonchev–Trinajstić information content (AvgIpc) is 2.34. The predicted molar refractivity (Wildman–Crippen MR) is 67.0 cm³/mol. The molecule has 9 heteroatoms. The second-order valence-corrected chi connectivity index (χ2v) is 5.75. The third-order valence-corrected chi connectivity index (χ3v) is 4.44. The lowest BCUT2D eigenvalue weighted by molar-refractivity contribution is -0.118. The van der Waals surface area contributed by atoms with Crippen LogP contribution in [0.25, 0.3) is 0 Å². The number of primary amides is 1. The normalized spacial score (nSPS) is 11.6. The number of benzene rings is 1. The van der Waals surface area contributed by atoms with Crippen LogP contribution in [0.3, 0.4) is 0 Å². The van der Waals surface area contributed by atoms with Crippen LogP contribution < -0.4 is 5.73 Å². The van der Waals surface area contributed by atoms with E-state index >= 15 is 0 Å². The zero-order valence-electron chi connectivity index (χ0n) is 10.5. The molecule has 0 atom stereocenters. The maximum absolute atomic E-state index is 13.2. The van der Waals surface area contributed by atoms with Gasteiger partial charge in [0.25, 0.3) is 0 Å². The van der Waals surface area contributed by atoms with Gasteiger partial charge in [0.05, 0.1) is 17.0 Å². The molecule has 1 amide bonds. The molecule has 0 saturated carbocycles. The summed E-state index contributed by atoms with van der Waals surface area (Å²) in [5, 5.41) is 8.96. The molecule has 0 aliphatic rings. The molecule has 0 bridgehead atoms. The van der Waals surface area contributed by atoms with Crippen LogP contribution in [-0.2, 0) is 14.8 Å². The summed E-state index contributed by atoms with van der Waals surface area (Å²) < 4.78 is 38.4. The van der Waals surface area contributed by atoms with E-state index < -0.39 is 44.7 Å². The molecule has 0 aromatic heterocycles. The molecule has 3 N–H and O–H groups in total. The molecule has 0 spiro atoms. The van der Waals surface area contributed by atoms with Crippen LogP contribution in [0.15, 0.2) is 23.1 Å². The van der Waals surface area contributed by atoms with Crippen molar-refractivity contribution < 1.29 is 27.5 Å². The lowest BCUT2D eigenvalue weighted by Crippen LogP contribution is -2.38. The number of likely N-dealkylation sites (N-methyl/N-ethyl adjacent to an activating group) is 1. The highest BCUT2D eigenvalue weighted by Crippen LogP contribution is 2.21. The van der Waals surface area contributed by atoms with Gasteiger partial charge in [-0.2, -0.15) is 4.31 Å². The number of hydrogen-bond donors (Lipinski definition) is 2. The van der Waals surface area contributed by atoms with Gasteiger partial charge in [0.15, 0.2) is 0 Å². The van der Waals surface area contributed by atoms with Crippen LogP contribution in [0.2, 0.25) is 0 Å². The third kappa shape index (κ3) is 3.31. The molecule has 0 saturated heterocycles. The summed E-state index contributed by atoms with van der Waals surface area (Å²) in [6, 6.07) is 2.29. The van der Waals surface area contributed by atoms with Gasteiger partial charge in [-0.25, -0.2) is 17.6 Å². The highest BCUT2D eigenvalue weighted by molar-refractivity contribution is 7.89. The highest BCUT2D eigenvalue weighted by atomic mass is 32.2. The predicted octanol–water partition coefficient (Wildman–Crippen LogP) is 0.0198. The van der Waals surface area contributed by atoms with Crippen molar-refractivity contribution in [3.05, 3.63) is 29.6 Å². The van der Waals surface area contributed by atoms with Gasteiger partial charge in [-0.15, -0.1) is 0 Å². The number of amides is 1. The largest absolute Gasteiger partial charge is 0.478 e. The molecule has 0 aliphatic heterocycles. The lowest BCUT2D eigenvalue weighted by Gasteiger charge is -2.19. The molecular formula is C11H13FN2O5S. The fourth-order valence-corrected chi connectivity index (χ4v) is 3.18. The minimum Gasteiger partial charge on any atom is -0.478 e. The number of carbonyl (C=O) groups is 2. The van der Waals surface area contributed by atoms with E-state index in [1.54, 1.807) is 0 Å². The van der Waals surface area contributed by atoms with Crippen LogP contribution in [0, 0.1) is 5.82 Å². The van der Waals surface area contributed by atoms with E-state index in [4.69, 9.17) is 10.8 Å². The first-order valence-electron chi connectivity index (χ1n) is 5.51. The average molecular weight is 304 g/mol. The quantitative estimate of drug-likeness (QED) is 0.768. The Morgan fingerprint density at radius 2 is 2.00 bits per heavy atom. The van der Waals surface area contributed by atoms with Crippen molar-refractivity contribution in [2.45, 2.75) is 11.8 Å². The van der Waals surface area contributed by atoms with Gasteiger partial charge in [0.2, 0.25) is 15.9 Å². The Morgan fingerprint density at radius 3 is 2.45 bits per heavy atom. The smallest absolute Gasteiger partial charge is 0.337 e. The van der Waals surface area contributed by atoms with E-state index in [9.17, 15) is 22.4 Å². The van der Waals surface area contributed by atoms with Gasteiger partial charge in [-0.3, -0.25) is 4.79 Å². The number of nitrogens with two attached hydrogens (primary N) is 1. The molecule has 0 fully saturated rings. The second kappa shape index (κ2) is 5.97. The van der Waals surface area contributed by atoms with E-state index in [0.717, 1.165) is 12.1 Å². The number of sulfonamides is 1. The van der Waals surface area contributed by atoms with Crippen molar-refractivity contribution in [3.8, 4) is 0 Å². The zero-order valence-corrected chi connectivity index (χ0v) is 11.4. The standard InChI is InChI=1S/C11H13FN2O5S/c1-2-14(6-10(13)15)20(18,19)9-5-7(12)3-4-8(9)11(16)17/h3-5H,2,6H2,1H3,(H2,13,15)(H,16,17). The lowest BCUT2D eigenvalue weighted by atomic mass is 10.2. The number of halogens is 1. The molecule has 0 radical (unpaired) electrons. The molecule has 1 aromatic rings. The number of carboxylic acid groups (broad SMARTS) is 1. The maximum atomic E-state index is 13.2. The van der Waals surface area contributed by atoms with Gasteiger partial charge < -0.3 is 10.8 Å². The molecule has 110 valence electrons. The number of hydrogen-bond acceptors (Lipinski definition) is 4. The van der Waals surface area contributed by atoms with E-state index in [1.165, 1.54) is 6.92 Å². The third-order valence-electron chi connectivity index (χ3n) is 2.48. The Bertz CT molecular complexity index is 644. The molecule has 1 aromatic carbocycles.